The normalized spacial score (nSPS) is 16.0. The maximum absolute atomic E-state index is 12.3. The lowest BCUT2D eigenvalue weighted by Gasteiger charge is -2.31. The standard InChI is InChI=1S/C16H21NO3/c1-3-20-16(19)14-8-10-17(11-9-14)15(18)13-6-4-12(2)5-7-13/h4-7,14H,3,8-11H2,1-2H3. The number of rotatable bonds is 3. The number of ether oxygens (including phenoxy) is 1. The minimum absolute atomic E-state index is 0.0484. The Balaban J connectivity index is 1.92. The fraction of sp³-hybridized carbons (Fsp3) is 0.500. The van der Waals surface area contributed by atoms with Gasteiger partial charge < -0.3 is 9.64 Å². The van der Waals surface area contributed by atoms with Crippen molar-refractivity contribution < 1.29 is 14.3 Å². The number of carbonyl (C=O) groups is 2. The van der Waals surface area contributed by atoms with Crippen molar-refractivity contribution in [2.75, 3.05) is 19.7 Å². The van der Waals surface area contributed by atoms with E-state index in [1.807, 2.05) is 43.0 Å². The van der Waals surface area contributed by atoms with E-state index in [0.717, 1.165) is 5.56 Å². The second-order valence-electron chi connectivity index (χ2n) is 5.18. The Morgan fingerprint density at radius 1 is 1.20 bits per heavy atom. The third-order valence-electron chi connectivity index (χ3n) is 3.70. The molecule has 1 aliphatic heterocycles. The number of esters is 1. The molecule has 0 aliphatic carbocycles. The Bertz CT molecular complexity index is 473. The SMILES string of the molecule is CCOC(=O)C1CCN(C(=O)c2ccc(C)cc2)CC1. The molecule has 0 bridgehead atoms. The number of piperidine rings is 1. The molecule has 20 heavy (non-hydrogen) atoms. The summed E-state index contributed by atoms with van der Waals surface area (Å²) in [7, 11) is 0. The van der Waals surface area contributed by atoms with E-state index in [4.69, 9.17) is 4.74 Å². The number of hydrogen-bond donors (Lipinski definition) is 0. The van der Waals surface area contributed by atoms with Gasteiger partial charge in [-0.15, -0.1) is 0 Å². The van der Waals surface area contributed by atoms with Crippen molar-refractivity contribution in [2.24, 2.45) is 5.92 Å². The van der Waals surface area contributed by atoms with Gasteiger partial charge in [-0.05, 0) is 38.8 Å². The molecule has 4 heteroatoms. The summed E-state index contributed by atoms with van der Waals surface area (Å²) in [5.74, 6) is -0.140. The van der Waals surface area contributed by atoms with Crippen molar-refractivity contribution in [3.63, 3.8) is 0 Å². The van der Waals surface area contributed by atoms with Gasteiger partial charge in [0.05, 0.1) is 12.5 Å². The van der Waals surface area contributed by atoms with Crippen molar-refractivity contribution in [1.82, 2.24) is 4.90 Å². The number of carbonyl (C=O) groups excluding carboxylic acids is 2. The first-order valence-electron chi connectivity index (χ1n) is 7.14. The summed E-state index contributed by atoms with van der Waals surface area (Å²) in [5.41, 5.74) is 1.85. The molecule has 1 aromatic carbocycles. The monoisotopic (exact) mass is 275 g/mol. The molecule has 4 nitrogen and oxygen atoms in total. The molecule has 0 atom stereocenters. The maximum atomic E-state index is 12.3. The van der Waals surface area contributed by atoms with E-state index in [1.54, 1.807) is 0 Å². The zero-order valence-electron chi connectivity index (χ0n) is 12.1. The molecule has 0 saturated carbocycles. The van der Waals surface area contributed by atoms with Crippen molar-refractivity contribution >= 4 is 11.9 Å². The van der Waals surface area contributed by atoms with E-state index in [1.165, 1.54) is 0 Å². The van der Waals surface area contributed by atoms with Crippen LogP contribution in [0.2, 0.25) is 0 Å². The van der Waals surface area contributed by atoms with Gasteiger partial charge in [0.1, 0.15) is 0 Å². The van der Waals surface area contributed by atoms with E-state index < -0.39 is 0 Å². The Kier molecular flexibility index (Phi) is 4.77. The fourth-order valence-electron chi connectivity index (χ4n) is 2.46. The van der Waals surface area contributed by atoms with E-state index in [-0.39, 0.29) is 17.8 Å². The highest BCUT2D eigenvalue weighted by atomic mass is 16.5. The zero-order chi connectivity index (χ0) is 14.5. The van der Waals surface area contributed by atoms with Crippen LogP contribution in [0.3, 0.4) is 0 Å². The molecule has 1 fully saturated rings. The van der Waals surface area contributed by atoms with Crippen LogP contribution in [0.15, 0.2) is 24.3 Å². The van der Waals surface area contributed by atoms with Gasteiger partial charge in [-0.25, -0.2) is 0 Å². The molecule has 1 aromatic rings. The summed E-state index contributed by atoms with van der Waals surface area (Å²) in [6, 6.07) is 7.60. The molecule has 0 spiro atoms. The molecule has 108 valence electrons. The highest BCUT2D eigenvalue weighted by molar-refractivity contribution is 5.94. The van der Waals surface area contributed by atoms with Crippen LogP contribution < -0.4 is 0 Å². The van der Waals surface area contributed by atoms with Crippen LogP contribution in [0, 0.1) is 12.8 Å². The second-order valence-corrected chi connectivity index (χ2v) is 5.18. The summed E-state index contributed by atoms with van der Waals surface area (Å²) in [6.07, 6.45) is 1.38. The van der Waals surface area contributed by atoms with Crippen LogP contribution in [0.25, 0.3) is 0 Å². The van der Waals surface area contributed by atoms with Crippen molar-refractivity contribution in [3.8, 4) is 0 Å². The number of aryl methyl sites for hydroxylation is 1. The Morgan fingerprint density at radius 3 is 2.35 bits per heavy atom. The van der Waals surface area contributed by atoms with Crippen LogP contribution >= 0.6 is 0 Å². The smallest absolute Gasteiger partial charge is 0.309 e. The number of nitrogens with zero attached hydrogens (tertiary/aromatic N) is 1. The van der Waals surface area contributed by atoms with E-state index >= 15 is 0 Å². The van der Waals surface area contributed by atoms with Gasteiger partial charge in [0.15, 0.2) is 0 Å². The lowest BCUT2D eigenvalue weighted by atomic mass is 9.96. The summed E-state index contributed by atoms with van der Waals surface area (Å²) >= 11 is 0. The number of hydrogen-bond acceptors (Lipinski definition) is 3. The quantitative estimate of drug-likeness (QED) is 0.796. The van der Waals surface area contributed by atoms with Crippen molar-refractivity contribution in [1.29, 1.82) is 0 Å². The van der Waals surface area contributed by atoms with Gasteiger partial charge in [0.25, 0.3) is 5.91 Å². The van der Waals surface area contributed by atoms with E-state index in [2.05, 4.69) is 0 Å². The topological polar surface area (TPSA) is 46.6 Å². The number of likely N-dealkylation sites (tertiary alicyclic amines) is 1. The molecule has 1 heterocycles. The largest absolute Gasteiger partial charge is 0.466 e. The molecule has 1 aliphatic rings. The van der Waals surface area contributed by atoms with Crippen molar-refractivity contribution in [3.05, 3.63) is 35.4 Å². The predicted octanol–water partition coefficient (Wildman–Crippen LogP) is 2.41. The summed E-state index contributed by atoms with van der Waals surface area (Å²) in [5, 5.41) is 0. The Hall–Kier alpha value is -1.84. The zero-order valence-corrected chi connectivity index (χ0v) is 12.1. The molecule has 0 radical (unpaired) electrons. The third kappa shape index (κ3) is 3.38. The van der Waals surface area contributed by atoms with Gasteiger partial charge in [-0.2, -0.15) is 0 Å². The Labute approximate surface area is 119 Å². The number of benzene rings is 1. The van der Waals surface area contributed by atoms with E-state index in [9.17, 15) is 9.59 Å². The summed E-state index contributed by atoms with van der Waals surface area (Å²) in [4.78, 5) is 25.8. The highest BCUT2D eigenvalue weighted by Crippen LogP contribution is 2.20. The Morgan fingerprint density at radius 2 is 1.80 bits per heavy atom. The first-order chi connectivity index (χ1) is 9.61. The predicted molar refractivity (Wildman–Crippen MR) is 76.4 cm³/mol. The lowest BCUT2D eigenvalue weighted by molar-refractivity contribution is -0.149. The molecule has 0 aromatic heterocycles. The van der Waals surface area contributed by atoms with Crippen molar-refractivity contribution in [2.45, 2.75) is 26.7 Å². The molecule has 2 rings (SSSR count). The average molecular weight is 275 g/mol. The molecule has 1 saturated heterocycles. The summed E-state index contributed by atoms with van der Waals surface area (Å²) in [6.45, 7) is 5.47. The van der Waals surface area contributed by atoms with Crippen LogP contribution in [0.5, 0.6) is 0 Å². The lowest BCUT2D eigenvalue weighted by Crippen LogP contribution is -2.40. The molecule has 1 amide bonds. The van der Waals surface area contributed by atoms with Gasteiger partial charge >= 0.3 is 5.97 Å². The average Bonchev–Trinajstić information content (AvgIpc) is 2.48. The van der Waals surface area contributed by atoms with Crippen LogP contribution in [-0.2, 0) is 9.53 Å². The molecule has 0 N–H and O–H groups in total. The maximum Gasteiger partial charge on any atom is 0.309 e. The highest BCUT2D eigenvalue weighted by Gasteiger charge is 2.28. The second kappa shape index (κ2) is 6.55. The molecule has 0 unspecified atom stereocenters. The van der Waals surface area contributed by atoms with Gasteiger partial charge in [-0.3, -0.25) is 9.59 Å². The fourth-order valence-corrected chi connectivity index (χ4v) is 2.46. The van der Waals surface area contributed by atoms with Crippen LogP contribution in [0.4, 0.5) is 0 Å². The third-order valence-corrected chi connectivity index (χ3v) is 3.70. The van der Waals surface area contributed by atoms with Crippen LogP contribution in [0.1, 0.15) is 35.7 Å². The molecular formula is C16H21NO3. The van der Waals surface area contributed by atoms with E-state index in [0.29, 0.717) is 38.1 Å². The molecular weight excluding hydrogens is 254 g/mol. The minimum Gasteiger partial charge on any atom is -0.466 e. The summed E-state index contributed by atoms with van der Waals surface area (Å²) < 4.78 is 5.03. The van der Waals surface area contributed by atoms with Gasteiger partial charge in [-0.1, -0.05) is 17.7 Å². The first-order valence-corrected chi connectivity index (χ1v) is 7.14. The van der Waals surface area contributed by atoms with Gasteiger partial charge in [0.2, 0.25) is 0 Å². The first kappa shape index (κ1) is 14.6. The van der Waals surface area contributed by atoms with Crippen LogP contribution in [-0.4, -0.2) is 36.5 Å². The number of amides is 1. The van der Waals surface area contributed by atoms with Gasteiger partial charge in [0, 0.05) is 18.7 Å². The minimum atomic E-state index is -0.130.